The first-order chi connectivity index (χ1) is 16.9. The summed E-state index contributed by atoms with van der Waals surface area (Å²) in [6, 6.07) is 9.12. The Morgan fingerprint density at radius 2 is 2.03 bits per heavy atom. The molecule has 0 atom stereocenters. The van der Waals surface area contributed by atoms with Crippen molar-refractivity contribution >= 4 is 22.8 Å². The maximum atomic E-state index is 13.0. The first-order valence-corrected chi connectivity index (χ1v) is 11.7. The maximum Gasteiger partial charge on any atom is 0.326 e. The molecule has 2 amide bonds. The number of carbonyl (C=O) groups excluding carboxylic acids is 2. The monoisotopic (exact) mass is 473 g/mol. The van der Waals surface area contributed by atoms with Gasteiger partial charge in [-0.15, -0.1) is 0 Å². The maximum absolute atomic E-state index is 13.0. The van der Waals surface area contributed by atoms with Crippen molar-refractivity contribution < 1.29 is 14.0 Å². The minimum Gasteiger partial charge on any atom is -0.469 e. The average molecular weight is 474 g/mol. The second-order valence-corrected chi connectivity index (χ2v) is 8.81. The Bertz CT molecular complexity index is 1480. The van der Waals surface area contributed by atoms with Crippen molar-refractivity contribution in [2.75, 3.05) is 6.54 Å². The van der Waals surface area contributed by atoms with Crippen LogP contribution in [-0.4, -0.2) is 37.8 Å². The van der Waals surface area contributed by atoms with E-state index in [0.29, 0.717) is 43.9 Å². The highest BCUT2D eigenvalue weighted by molar-refractivity contribution is 5.95. The number of rotatable bonds is 6. The van der Waals surface area contributed by atoms with E-state index < -0.39 is 0 Å². The third-order valence-electron chi connectivity index (χ3n) is 6.71. The lowest BCUT2D eigenvalue weighted by Gasteiger charge is -2.30. The highest BCUT2D eigenvalue weighted by atomic mass is 16.3. The van der Waals surface area contributed by atoms with E-state index in [1.165, 1.54) is 6.26 Å². The number of aromatic nitrogens is 3. The number of para-hydroxylation sites is 2. The van der Waals surface area contributed by atoms with Gasteiger partial charge in [0, 0.05) is 44.5 Å². The lowest BCUT2D eigenvalue weighted by Crippen LogP contribution is -2.37. The Balaban J connectivity index is 1.26. The molecule has 1 aliphatic heterocycles. The van der Waals surface area contributed by atoms with Crippen LogP contribution in [0.5, 0.6) is 0 Å². The second kappa shape index (κ2) is 9.25. The van der Waals surface area contributed by atoms with Gasteiger partial charge in [0.25, 0.3) is 5.91 Å². The van der Waals surface area contributed by atoms with E-state index in [-0.39, 0.29) is 23.9 Å². The highest BCUT2D eigenvalue weighted by Gasteiger charge is 2.24. The van der Waals surface area contributed by atoms with Crippen LogP contribution in [0, 0.1) is 13.8 Å². The lowest BCUT2D eigenvalue weighted by atomic mass is 9.94. The Kier molecular flexibility index (Phi) is 5.98. The van der Waals surface area contributed by atoms with Crippen molar-refractivity contribution in [1.82, 2.24) is 24.8 Å². The third-order valence-corrected chi connectivity index (χ3v) is 6.71. The molecule has 4 aromatic rings. The fourth-order valence-corrected chi connectivity index (χ4v) is 4.75. The van der Waals surface area contributed by atoms with Gasteiger partial charge in [0.2, 0.25) is 5.91 Å². The zero-order valence-corrected chi connectivity index (χ0v) is 19.8. The summed E-state index contributed by atoms with van der Waals surface area (Å²) in [6.45, 7) is 5.42. The predicted octanol–water partition coefficient (Wildman–Crippen LogP) is 2.84. The molecule has 1 aromatic carbocycles. The molecule has 0 unspecified atom stereocenters. The summed E-state index contributed by atoms with van der Waals surface area (Å²) >= 11 is 0. The molecule has 1 aliphatic rings. The van der Waals surface area contributed by atoms with Crippen molar-refractivity contribution in [1.29, 1.82) is 0 Å². The van der Waals surface area contributed by atoms with Crippen LogP contribution in [0.2, 0.25) is 0 Å². The molecule has 35 heavy (non-hydrogen) atoms. The summed E-state index contributed by atoms with van der Waals surface area (Å²) in [4.78, 5) is 47.0. The van der Waals surface area contributed by atoms with Crippen LogP contribution in [0.4, 0.5) is 0 Å². The Morgan fingerprint density at radius 1 is 1.20 bits per heavy atom. The molecule has 0 radical (unpaired) electrons. The fraction of sp³-hybridized carbons (Fsp3) is 0.308. The van der Waals surface area contributed by atoms with Crippen molar-refractivity contribution in [3.05, 3.63) is 87.0 Å². The molecule has 0 fully saturated rings. The molecule has 5 rings (SSSR count). The minimum atomic E-state index is -0.208. The molecule has 0 bridgehead atoms. The molecule has 9 nitrogen and oxygen atoms in total. The first-order valence-electron chi connectivity index (χ1n) is 11.7. The number of hydrogen-bond acceptors (Lipinski definition) is 5. The summed E-state index contributed by atoms with van der Waals surface area (Å²) in [5.74, 6) is 0.392. The number of fused-ring (bicyclic) bond motifs is 2. The van der Waals surface area contributed by atoms with Gasteiger partial charge < -0.3 is 19.6 Å². The molecule has 0 spiro atoms. The number of pyridine rings is 1. The van der Waals surface area contributed by atoms with Crippen LogP contribution in [0.1, 0.15) is 44.9 Å². The zero-order chi connectivity index (χ0) is 24.5. The average Bonchev–Trinajstić information content (AvgIpc) is 3.43. The van der Waals surface area contributed by atoms with Gasteiger partial charge in [0.15, 0.2) is 0 Å². The third kappa shape index (κ3) is 4.37. The van der Waals surface area contributed by atoms with Crippen molar-refractivity contribution in [3.63, 3.8) is 0 Å². The predicted molar refractivity (Wildman–Crippen MR) is 130 cm³/mol. The molecule has 3 aromatic heterocycles. The number of imidazole rings is 1. The Morgan fingerprint density at radius 3 is 2.83 bits per heavy atom. The molecule has 0 aliphatic carbocycles. The van der Waals surface area contributed by atoms with Crippen molar-refractivity contribution in [2.45, 2.75) is 46.3 Å². The Hall–Kier alpha value is -4.14. The number of carbonyl (C=O) groups is 2. The number of nitrogens with zero attached hydrogens (tertiary/aromatic N) is 3. The smallest absolute Gasteiger partial charge is 0.326 e. The van der Waals surface area contributed by atoms with Gasteiger partial charge in [0.05, 0.1) is 22.9 Å². The van der Waals surface area contributed by atoms with E-state index in [1.54, 1.807) is 17.6 Å². The minimum absolute atomic E-state index is 0.00121. The van der Waals surface area contributed by atoms with E-state index in [0.717, 1.165) is 33.4 Å². The zero-order valence-electron chi connectivity index (χ0n) is 19.8. The van der Waals surface area contributed by atoms with E-state index in [2.05, 4.69) is 15.3 Å². The van der Waals surface area contributed by atoms with Gasteiger partial charge >= 0.3 is 5.69 Å². The number of amides is 2. The molecule has 0 saturated heterocycles. The molecular weight excluding hydrogens is 446 g/mol. The number of nitrogens with one attached hydrogen (secondary N) is 2. The standard InChI is InChI=1S/C26H27N5O4/c1-16-21(14-28-25(33)19-9-12-35-17(19)2)20-7-10-30(15-18(20)13-27-16)24(32)8-11-31-23-6-4-3-5-22(23)29-26(31)34/h3-6,9,12-13H,7-8,10-11,14-15H2,1-2H3,(H,28,33)(H,29,34). The molecule has 180 valence electrons. The van der Waals surface area contributed by atoms with Crippen LogP contribution in [-0.2, 0) is 30.8 Å². The van der Waals surface area contributed by atoms with Crippen LogP contribution in [0.25, 0.3) is 11.0 Å². The molecule has 4 heterocycles. The second-order valence-electron chi connectivity index (χ2n) is 8.81. The van der Waals surface area contributed by atoms with Gasteiger partial charge in [-0.25, -0.2) is 4.79 Å². The van der Waals surface area contributed by atoms with Gasteiger partial charge in [-0.1, -0.05) is 12.1 Å². The number of benzene rings is 1. The van der Waals surface area contributed by atoms with E-state index in [9.17, 15) is 14.4 Å². The van der Waals surface area contributed by atoms with Gasteiger partial charge in [-0.3, -0.25) is 19.1 Å². The molecule has 9 heteroatoms. The molecule has 0 saturated carbocycles. The topological polar surface area (TPSA) is 113 Å². The first kappa shape index (κ1) is 22.6. The summed E-state index contributed by atoms with van der Waals surface area (Å²) in [7, 11) is 0. The summed E-state index contributed by atoms with van der Waals surface area (Å²) in [6.07, 6.45) is 4.25. The van der Waals surface area contributed by atoms with E-state index in [1.807, 2.05) is 42.3 Å². The number of furan rings is 1. The molecule has 2 N–H and O–H groups in total. The van der Waals surface area contributed by atoms with Gasteiger partial charge in [-0.05, 0) is 55.2 Å². The SMILES string of the molecule is Cc1ncc2c(c1CNC(=O)c1ccoc1C)CCN(C(=O)CCn1c(=O)[nH]c3ccccc31)C2. The number of aryl methyl sites for hydroxylation is 3. The summed E-state index contributed by atoms with van der Waals surface area (Å²) < 4.78 is 6.84. The van der Waals surface area contributed by atoms with Crippen molar-refractivity contribution in [2.24, 2.45) is 0 Å². The van der Waals surface area contributed by atoms with Crippen LogP contribution in [0.15, 0.2) is 52.0 Å². The lowest BCUT2D eigenvalue weighted by molar-refractivity contribution is -0.132. The number of hydrogen-bond donors (Lipinski definition) is 2. The largest absolute Gasteiger partial charge is 0.469 e. The summed E-state index contributed by atoms with van der Waals surface area (Å²) in [5.41, 5.74) is 5.86. The van der Waals surface area contributed by atoms with E-state index >= 15 is 0 Å². The summed E-state index contributed by atoms with van der Waals surface area (Å²) in [5, 5.41) is 2.97. The normalized spacial score (nSPS) is 13.1. The van der Waals surface area contributed by atoms with Crippen LogP contribution < -0.4 is 11.0 Å². The van der Waals surface area contributed by atoms with Gasteiger partial charge in [0.1, 0.15) is 5.76 Å². The van der Waals surface area contributed by atoms with E-state index in [4.69, 9.17) is 4.42 Å². The number of aromatic amines is 1. The van der Waals surface area contributed by atoms with Gasteiger partial charge in [-0.2, -0.15) is 0 Å². The Labute approximate surface area is 201 Å². The fourth-order valence-electron chi connectivity index (χ4n) is 4.75. The van der Waals surface area contributed by atoms with Crippen LogP contribution in [0.3, 0.4) is 0 Å². The molecular formula is C26H27N5O4. The number of H-pyrrole nitrogens is 1. The quantitative estimate of drug-likeness (QED) is 0.447. The van der Waals surface area contributed by atoms with Crippen LogP contribution >= 0.6 is 0 Å². The van der Waals surface area contributed by atoms with Crippen molar-refractivity contribution in [3.8, 4) is 0 Å². The highest BCUT2D eigenvalue weighted by Crippen LogP contribution is 2.25.